The highest BCUT2D eigenvalue weighted by Crippen LogP contribution is 2.07. The van der Waals surface area contributed by atoms with E-state index in [4.69, 9.17) is 0 Å². The van der Waals surface area contributed by atoms with Crippen molar-refractivity contribution >= 4 is 22.6 Å². The minimum atomic E-state index is -0.170. The molecule has 0 unspecified atom stereocenters. The first-order chi connectivity index (χ1) is 5.09. The van der Waals surface area contributed by atoms with Crippen LogP contribution in [0.1, 0.15) is 25.6 Å². The maximum Gasteiger partial charge on any atom is 0.273 e. The fourth-order valence-electron chi connectivity index (χ4n) is 0.719. The summed E-state index contributed by atoms with van der Waals surface area (Å²) in [4.78, 5) is 17.7. The third-order valence-corrected chi connectivity index (χ3v) is 1.86. The highest BCUT2D eigenvalue weighted by molar-refractivity contribution is 14.1. The molecule has 11 heavy (non-hydrogen) atoms. The lowest BCUT2D eigenvalue weighted by Crippen LogP contribution is -2.12. The molecule has 0 saturated carbocycles. The van der Waals surface area contributed by atoms with Crippen LogP contribution >= 0.6 is 22.6 Å². The lowest BCUT2D eigenvalue weighted by Gasteiger charge is -2.02. The Morgan fingerprint density at radius 3 is 2.73 bits per heavy atom. The van der Waals surface area contributed by atoms with Crippen LogP contribution in [0.3, 0.4) is 0 Å². The van der Waals surface area contributed by atoms with Gasteiger partial charge in [-0.3, -0.25) is 4.79 Å². The number of aromatic nitrogens is 2. The van der Waals surface area contributed by atoms with Crippen LogP contribution < -0.4 is 5.56 Å². The normalized spacial score (nSPS) is 10.5. The number of hydrogen-bond acceptors (Lipinski definition) is 2. The predicted octanol–water partition coefficient (Wildman–Crippen LogP) is 1.50. The van der Waals surface area contributed by atoms with Crippen molar-refractivity contribution in [1.29, 1.82) is 0 Å². The fourth-order valence-corrected chi connectivity index (χ4v) is 1.26. The van der Waals surface area contributed by atoms with Gasteiger partial charge in [0.25, 0.3) is 5.56 Å². The average Bonchev–Trinajstić information content (AvgIpc) is 1.85. The van der Waals surface area contributed by atoms with Crippen LogP contribution in [0.5, 0.6) is 0 Å². The van der Waals surface area contributed by atoms with Gasteiger partial charge in [0.1, 0.15) is 5.82 Å². The Balaban J connectivity index is 3.19. The number of rotatable bonds is 1. The Labute approximate surface area is 78.4 Å². The minimum Gasteiger partial charge on any atom is -0.338 e. The summed E-state index contributed by atoms with van der Waals surface area (Å²) in [6.45, 7) is 3.99. The Hall–Kier alpha value is -0.390. The van der Waals surface area contributed by atoms with E-state index in [1.807, 2.05) is 13.8 Å². The molecule has 1 aromatic rings. The van der Waals surface area contributed by atoms with E-state index in [1.54, 1.807) is 0 Å². The molecule has 0 atom stereocenters. The van der Waals surface area contributed by atoms with Crippen molar-refractivity contribution < 1.29 is 0 Å². The van der Waals surface area contributed by atoms with E-state index in [0.717, 1.165) is 9.53 Å². The van der Waals surface area contributed by atoms with Gasteiger partial charge in [0.05, 0.1) is 3.70 Å². The molecule has 0 fully saturated rings. The van der Waals surface area contributed by atoms with Crippen LogP contribution in [0.4, 0.5) is 0 Å². The molecule has 0 radical (unpaired) electrons. The van der Waals surface area contributed by atoms with Gasteiger partial charge in [-0.25, -0.2) is 0 Å². The SMILES string of the molecule is CC(C)c1nc(=O)cc(I)[nH]1. The molecule has 0 aromatic carbocycles. The maximum absolute atomic E-state index is 10.9. The van der Waals surface area contributed by atoms with Gasteiger partial charge in [-0.05, 0) is 22.6 Å². The third-order valence-electron chi connectivity index (χ3n) is 1.28. The summed E-state index contributed by atoms with van der Waals surface area (Å²) in [5.74, 6) is 1.03. The van der Waals surface area contributed by atoms with Crippen LogP contribution in [-0.4, -0.2) is 9.97 Å². The van der Waals surface area contributed by atoms with Gasteiger partial charge in [-0.15, -0.1) is 0 Å². The molecular weight excluding hydrogens is 255 g/mol. The van der Waals surface area contributed by atoms with Crippen molar-refractivity contribution in [3.8, 4) is 0 Å². The Bertz CT molecular complexity index is 306. The van der Waals surface area contributed by atoms with Gasteiger partial charge in [-0.2, -0.15) is 4.98 Å². The van der Waals surface area contributed by atoms with Crippen molar-refractivity contribution in [1.82, 2.24) is 9.97 Å². The number of H-pyrrole nitrogens is 1. The number of halogens is 1. The number of nitrogens with one attached hydrogen (secondary N) is 1. The van der Waals surface area contributed by atoms with Crippen LogP contribution in [0.2, 0.25) is 0 Å². The van der Waals surface area contributed by atoms with Crippen molar-refractivity contribution in [3.05, 3.63) is 25.9 Å². The summed E-state index contributed by atoms with van der Waals surface area (Å²) in [6, 6.07) is 1.48. The molecule has 1 N–H and O–H groups in total. The van der Waals surface area contributed by atoms with E-state index in [1.165, 1.54) is 6.07 Å². The highest BCUT2D eigenvalue weighted by atomic mass is 127. The molecule has 0 aliphatic carbocycles. The molecule has 0 amide bonds. The molecule has 0 aliphatic heterocycles. The average molecular weight is 264 g/mol. The summed E-state index contributed by atoms with van der Waals surface area (Å²) in [5, 5.41) is 0. The monoisotopic (exact) mass is 264 g/mol. The molecule has 0 spiro atoms. The lowest BCUT2D eigenvalue weighted by atomic mass is 10.2. The zero-order valence-electron chi connectivity index (χ0n) is 6.39. The van der Waals surface area contributed by atoms with Gasteiger partial charge in [-0.1, -0.05) is 13.8 Å². The van der Waals surface area contributed by atoms with E-state index in [9.17, 15) is 4.79 Å². The van der Waals surface area contributed by atoms with Gasteiger partial charge >= 0.3 is 0 Å². The Kier molecular flexibility index (Phi) is 2.64. The molecule has 0 bridgehead atoms. The Morgan fingerprint density at radius 1 is 1.64 bits per heavy atom. The third kappa shape index (κ3) is 2.28. The molecule has 4 heteroatoms. The standard InChI is InChI=1S/C7H9IN2O/c1-4(2)7-9-5(8)3-6(11)10-7/h3-4H,1-2H3,(H,9,10,11). The van der Waals surface area contributed by atoms with E-state index >= 15 is 0 Å². The summed E-state index contributed by atoms with van der Waals surface area (Å²) < 4.78 is 0.839. The van der Waals surface area contributed by atoms with Crippen LogP contribution in [0, 0.1) is 3.70 Å². The van der Waals surface area contributed by atoms with E-state index in [-0.39, 0.29) is 11.5 Å². The van der Waals surface area contributed by atoms with Crippen molar-refractivity contribution in [2.24, 2.45) is 0 Å². The molecule has 3 nitrogen and oxygen atoms in total. The maximum atomic E-state index is 10.9. The number of hydrogen-bond donors (Lipinski definition) is 1. The second kappa shape index (κ2) is 3.34. The largest absolute Gasteiger partial charge is 0.338 e. The van der Waals surface area contributed by atoms with E-state index in [2.05, 4.69) is 32.6 Å². The highest BCUT2D eigenvalue weighted by Gasteiger charge is 2.02. The zero-order valence-corrected chi connectivity index (χ0v) is 8.55. The smallest absolute Gasteiger partial charge is 0.273 e. The first-order valence-electron chi connectivity index (χ1n) is 3.36. The van der Waals surface area contributed by atoms with Gasteiger partial charge in [0, 0.05) is 12.0 Å². The topological polar surface area (TPSA) is 45.8 Å². The van der Waals surface area contributed by atoms with Gasteiger partial charge < -0.3 is 4.98 Å². The van der Waals surface area contributed by atoms with Gasteiger partial charge in [0.2, 0.25) is 0 Å². The second-order valence-corrected chi connectivity index (χ2v) is 3.77. The molecule has 1 aromatic heterocycles. The van der Waals surface area contributed by atoms with Crippen LogP contribution in [0.15, 0.2) is 10.9 Å². The first-order valence-corrected chi connectivity index (χ1v) is 4.44. The molecule has 1 rings (SSSR count). The fraction of sp³-hybridized carbons (Fsp3) is 0.429. The zero-order chi connectivity index (χ0) is 8.43. The summed E-state index contributed by atoms with van der Waals surface area (Å²) in [5.41, 5.74) is -0.170. The molecule has 1 heterocycles. The molecule has 0 saturated heterocycles. The molecular formula is C7H9IN2O. The summed E-state index contributed by atoms with van der Waals surface area (Å²) >= 11 is 2.07. The van der Waals surface area contributed by atoms with Crippen molar-refractivity contribution in [3.63, 3.8) is 0 Å². The molecule has 60 valence electrons. The van der Waals surface area contributed by atoms with Crippen LogP contribution in [0.25, 0.3) is 0 Å². The number of nitrogens with zero attached hydrogens (tertiary/aromatic N) is 1. The second-order valence-electron chi connectivity index (χ2n) is 2.61. The van der Waals surface area contributed by atoms with Crippen molar-refractivity contribution in [2.75, 3.05) is 0 Å². The summed E-state index contributed by atoms with van der Waals surface area (Å²) in [7, 11) is 0. The summed E-state index contributed by atoms with van der Waals surface area (Å²) in [6.07, 6.45) is 0. The predicted molar refractivity (Wildman–Crippen MR) is 51.7 cm³/mol. The van der Waals surface area contributed by atoms with Crippen molar-refractivity contribution in [2.45, 2.75) is 19.8 Å². The first kappa shape index (κ1) is 8.70. The minimum absolute atomic E-state index is 0.170. The van der Waals surface area contributed by atoms with E-state index < -0.39 is 0 Å². The van der Waals surface area contributed by atoms with Crippen LogP contribution in [-0.2, 0) is 0 Å². The van der Waals surface area contributed by atoms with E-state index in [0.29, 0.717) is 0 Å². The number of aromatic amines is 1. The molecule has 0 aliphatic rings. The van der Waals surface area contributed by atoms with Gasteiger partial charge in [0.15, 0.2) is 0 Å². The quantitative estimate of drug-likeness (QED) is 0.617. The Morgan fingerprint density at radius 2 is 2.27 bits per heavy atom. The lowest BCUT2D eigenvalue weighted by molar-refractivity contribution is 0.760.